The summed E-state index contributed by atoms with van der Waals surface area (Å²) in [4.78, 5) is 5.82. The Labute approximate surface area is 112 Å². The van der Waals surface area contributed by atoms with E-state index in [0.717, 1.165) is 24.3 Å². The molecular formula is C11H10N6OS. The topological polar surface area (TPSA) is 82.5 Å². The minimum absolute atomic E-state index is 0.382. The van der Waals surface area contributed by atoms with Gasteiger partial charge >= 0.3 is 0 Å². The van der Waals surface area contributed by atoms with E-state index in [-0.39, 0.29) is 0 Å². The number of tetrazole rings is 1. The first kappa shape index (κ1) is 10.8. The Balaban J connectivity index is 1.52. The first-order valence-electron chi connectivity index (χ1n) is 6.01. The molecule has 0 atom stereocenters. The highest BCUT2D eigenvalue weighted by atomic mass is 32.1. The van der Waals surface area contributed by atoms with E-state index in [4.69, 9.17) is 4.52 Å². The minimum atomic E-state index is 0.382. The monoisotopic (exact) mass is 274 g/mol. The summed E-state index contributed by atoms with van der Waals surface area (Å²) < 4.78 is 5.19. The maximum atomic E-state index is 5.19. The molecule has 96 valence electrons. The Morgan fingerprint density at radius 2 is 2.37 bits per heavy atom. The van der Waals surface area contributed by atoms with E-state index < -0.39 is 0 Å². The molecule has 3 aromatic rings. The molecule has 0 amide bonds. The lowest BCUT2D eigenvalue weighted by Crippen LogP contribution is -2.05. The molecule has 3 aromatic heterocycles. The van der Waals surface area contributed by atoms with E-state index in [1.165, 1.54) is 4.80 Å². The molecule has 0 N–H and O–H groups in total. The third-order valence-electron chi connectivity index (χ3n) is 2.93. The molecule has 1 aliphatic rings. The Hall–Kier alpha value is -2.09. The minimum Gasteiger partial charge on any atom is -0.339 e. The fraction of sp³-hybridized carbons (Fsp3) is 0.364. The van der Waals surface area contributed by atoms with Gasteiger partial charge in [0.15, 0.2) is 5.82 Å². The maximum absolute atomic E-state index is 5.19. The van der Waals surface area contributed by atoms with Crippen LogP contribution in [0, 0.1) is 0 Å². The summed E-state index contributed by atoms with van der Waals surface area (Å²) in [5.74, 6) is 2.41. The third-order valence-corrected chi connectivity index (χ3v) is 3.61. The summed E-state index contributed by atoms with van der Waals surface area (Å²) in [5, 5.41) is 20.2. The van der Waals surface area contributed by atoms with Gasteiger partial charge in [0.2, 0.25) is 11.7 Å². The first-order chi connectivity index (χ1) is 9.38. The standard InChI is InChI=1S/C11H10N6OS/c1-2-7(1)11-12-9(15-18-11)5-17-14-10(13-16-17)8-3-4-19-6-8/h3-4,6-7H,1-2,5H2. The van der Waals surface area contributed by atoms with Crippen LogP contribution in [0.4, 0.5) is 0 Å². The van der Waals surface area contributed by atoms with Gasteiger partial charge in [-0.25, -0.2) is 0 Å². The van der Waals surface area contributed by atoms with Crippen LogP contribution in [-0.4, -0.2) is 30.3 Å². The summed E-state index contributed by atoms with van der Waals surface area (Å²) in [6, 6.07) is 1.96. The van der Waals surface area contributed by atoms with Crippen LogP contribution in [0.2, 0.25) is 0 Å². The van der Waals surface area contributed by atoms with Gasteiger partial charge in [-0.2, -0.15) is 21.1 Å². The highest BCUT2D eigenvalue weighted by Crippen LogP contribution is 2.38. The highest BCUT2D eigenvalue weighted by Gasteiger charge is 2.29. The molecule has 4 rings (SSSR count). The quantitative estimate of drug-likeness (QED) is 0.720. The molecule has 0 saturated heterocycles. The zero-order valence-electron chi connectivity index (χ0n) is 9.93. The molecule has 3 heterocycles. The average molecular weight is 274 g/mol. The second-order valence-corrected chi connectivity index (χ2v) is 5.26. The molecule has 7 nitrogen and oxygen atoms in total. The predicted octanol–water partition coefficient (Wildman–Crippen LogP) is 1.71. The molecule has 8 heteroatoms. The second kappa shape index (κ2) is 4.23. The van der Waals surface area contributed by atoms with Gasteiger partial charge < -0.3 is 4.52 Å². The molecule has 0 spiro atoms. The molecule has 1 saturated carbocycles. The van der Waals surface area contributed by atoms with Crippen LogP contribution in [0.15, 0.2) is 21.3 Å². The molecule has 1 fully saturated rings. The molecule has 19 heavy (non-hydrogen) atoms. The van der Waals surface area contributed by atoms with Crippen molar-refractivity contribution in [2.75, 3.05) is 0 Å². The SMILES string of the molecule is c1cc(-c2nnn(Cc3noc(C4CC4)n3)n2)cs1. The summed E-state index contributed by atoms with van der Waals surface area (Å²) in [6.07, 6.45) is 2.29. The van der Waals surface area contributed by atoms with E-state index in [1.54, 1.807) is 11.3 Å². The summed E-state index contributed by atoms with van der Waals surface area (Å²) >= 11 is 1.60. The van der Waals surface area contributed by atoms with E-state index in [0.29, 0.717) is 24.1 Å². The van der Waals surface area contributed by atoms with E-state index in [1.807, 2.05) is 16.8 Å². The normalized spacial score (nSPS) is 14.9. The zero-order chi connectivity index (χ0) is 12.7. The molecule has 0 bridgehead atoms. The summed E-state index contributed by atoms with van der Waals surface area (Å²) in [5.41, 5.74) is 0.975. The number of aromatic nitrogens is 6. The summed E-state index contributed by atoms with van der Waals surface area (Å²) in [6.45, 7) is 0.382. The van der Waals surface area contributed by atoms with Gasteiger partial charge in [0, 0.05) is 16.9 Å². The Kier molecular flexibility index (Phi) is 2.41. The van der Waals surface area contributed by atoms with E-state index in [2.05, 4.69) is 25.6 Å². The molecule has 0 unspecified atom stereocenters. The van der Waals surface area contributed by atoms with Crippen molar-refractivity contribution in [3.05, 3.63) is 28.5 Å². The van der Waals surface area contributed by atoms with Crippen molar-refractivity contribution in [1.29, 1.82) is 0 Å². The Morgan fingerprint density at radius 1 is 1.42 bits per heavy atom. The molecule has 0 aromatic carbocycles. The van der Waals surface area contributed by atoms with Crippen LogP contribution in [0.1, 0.15) is 30.5 Å². The first-order valence-corrected chi connectivity index (χ1v) is 6.95. The van der Waals surface area contributed by atoms with Crippen LogP contribution in [0.25, 0.3) is 11.4 Å². The van der Waals surface area contributed by atoms with Crippen molar-refractivity contribution < 1.29 is 4.52 Å². The molecule has 0 aliphatic heterocycles. The van der Waals surface area contributed by atoms with E-state index in [9.17, 15) is 0 Å². The van der Waals surface area contributed by atoms with Crippen molar-refractivity contribution >= 4 is 11.3 Å². The fourth-order valence-corrected chi connectivity index (χ4v) is 2.41. The number of nitrogens with zero attached hydrogens (tertiary/aromatic N) is 6. The third kappa shape index (κ3) is 2.14. The van der Waals surface area contributed by atoms with Gasteiger partial charge in [-0.1, -0.05) is 5.16 Å². The van der Waals surface area contributed by atoms with Crippen molar-refractivity contribution in [3.63, 3.8) is 0 Å². The largest absolute Gasteiger partial charge is 0.339 e. The zero-order valence-corrected chi connectivity index (χ0v) is 10.7. The Morgan fingerprint density at radius 3 is 3.16 bits per heavy atom. The number of hydrogen-bond donors (Lipinski definition) is 0. The lowest BCUT2D eigenvalue weighted by atomic mass is 10.3. The smallest absolute Gasteiger partial charge is 0.229 e. The fourth-order valence-electron chi connectivity index (χ4n) is 1.77. The van der Waals surface area contributed by atoms with Gasteiger partial charge in [0.05, 0.1) is 0 Å². The lowest BCUT2D eigenvalue weighted by Gasteiger charge is -1.90. The molecule has 1 aliphatic carbocycles. The lowest BCUT2D eigenvalue weighted by molar-refractivity contribution is 0.370. The van der Waals surface area contributed by atoms with Crippen molar-refractivity contribution in [2.45, 2.75) is 25.3 Å². The number of thiophene rings is 1. The van der Waals surface area contributed by atoms with Crippen LogP contribution in [0.3, 0.4) is 0 Å². The van der Waals surface area contributed by atoms with Gasteiger partial charge in [0.25, 0.3) is 0 Å². The van der Waals surface area contributed by atoms with Gasteiger partial charge in [-0.15, -0.1) is 10.2 Å². The number of rotatable bonds is 4. The van der Waals surface area contributed by atoms with Crippen LogP contribution in [-0.2, 0) is 6.54 Å². The van der Waals surface area contributed by atoms with Crippen molar-refractivity contribution in [1.82, 2.24) is 30.3 Å². The van der Waals surface area contributed by atoms with E-state index >= 15 is 0 Å². The van der Waals surface area contributed by atoms with Crippen LogP contribution < -0.4 is 0 Å². The maximum Gasteiger partial charge on any atom is 0.229 e. The average Bonchev–Trinajstić information content (AvgIpc) is 2.90. The van der Waals surface area contributed by atoms with Crippen LogP contribution in [0.5, 0.6) is 0 Å². The van der Waals surface area contributed by atoms with Gasteiger partial charge in [0.1, 0.15) is 6.54 Å². The van der Waals surface area contributed by atoms with Crippen molar-refractivity contribution in [2.24, 2.45) is 0 Å². The Bertz CT molecular complexity index is 684. The summed E-state index contributed by atoms with van der Waals surface area (Å²) in [7, 11) is 0. The van der Waals surface area contributed by atoms with Crippen molar-refractivity contribution in [3.8, 4) is 11.4 Å². The highest BCUT2D eigenvalue weighted by molar-refractivity contribution is 7.08. The second-order valence-electron chi connectivity index (χ2n) is 4.48. The van der Waals surface area contributed by atoms with Gasteiger partial charge in [-0.05, 0) is 29.5 Å². The predicted molar refractivity (Wildman–Crippen MR) is 66.5 cm³/mol. The molecular weight excluding hydrogens is 264 g/mol. The molecule has 0 radical (unpaired) electrons. The number of hydrogen-bond acceptors (Lipinski definition) is 7. The van der Waals surface area contributed by atoms with Crippen LogP contribution >= 0.6 is 11.3 Å². The van der Waals surface area contributed by atoms with Gasteiger partial charge in [-0.3, -0.25) is 0 Å².